The lowest BCUT2D eigenvalue weighted by Gasteiger charge is -2.22. The molecule has 0 spiro atoms. The summed E-state index contributed by atoms with van der Waals surface area (Å²) in [6.45, 7) is 3.68. The summed E-state index contributed by atoms with van der Waals surface area (Å²) in [5, 5.41) is 2.38. The minimum absolute atomic E-state index is 0.00777. The fourth-order valence-electron chi connectivity index (χ4n) is 4.46. The maximum atomic E-state index is 15.4. The first-order valence-electron chi connectivity index (χ1n) is 11.5. The smallest absolute Gasteiger partial charge is 0.260 e. The van der Waals surface area contributed by atoms with Gasteiger partial charge >= 0.3 is 0 Å². The van der Waals surface area contributed by atoms with Gasteiger partial charge in [-0.1, -0.05) is 45.5 Å². The first-order chi connectivity index (χ1) is 17.6. The van der Waals surface area contributed by atoms with Crippen molar-refractivity contribution in [3.63, 3.8) is 0 Å². The second-order valence-corrected chi connectivity index (χ2v) is 12.0. The van der Waals surface area contributed by atoms with E-state index in [0.29, 0.717) is 21.9 Å². The first kappa shape index (κ1) is 27.2. The van der Waals surface area contributed by atoms with Gasteiger partial charge in [0.2, 0.25) is 0 Å². The molecule has 1 aliphatic heterocycles. The lowest BCUT2D eigenvalue weighted by Crippen LogP contribution is -2.29. The fraction of sp³-hybridized carbons (Fsp3) is 0.250. The molecule has 9 heteroatoms. The van der Waals surface area contributed by atoms with Crippen molar-refractivity contribution in [2.75, 3.05) is 19.5 Å². The van der Waals surface area contributed by atoms with Gasteiger partial charge in [-0.15, -0.1) is 11.8 Å². The van der Waals surface area contributed by atoms with E-state index in [1.165, 1.54) is 49.2 Å². The highest BCUT2D eigenvalue weighted by Gasteiger charge is 2.32. The Morgan fingerprint density at radius 2 is 1.81 bits per heavy atom. The molecule has 1 unspecified atom stereocenters. The van der Waals surface area contributed by atoms with Crippen LogP contribution in [0.4, 0.5) is 13.2 Å². The van der Waals surface area contributed by atoms with Crippen LogP contribution in [0.2, 0.25) is 0 Å². The molecule has 0 aliphatic carbocycles. The molecule has 0 amide bonds. The lowest BCUT2D eigenvalue weighted by atomic mass is 9.94. The SMILES string of the molecule is C=S(=C)(/C=C/C)OCC1CSc2c(Cc3c(F)cccc3F)c(C)c(-c3cccc(OC)c3F)c(=O)n21. The molecular formula is C28H28F3NO3S2. The van der Waals surface area contributed by atoms with E-state index < -0.39 is 38.5 Å². The highest BCUT2D eigenvalue weighted by molar-refractivity contribution is 8.26. The van der Waals surface area contributed by atoms with Crippen molar-refractivity contribution in [1.29, 1.82) is 0 Å². The normalized spacial score (nSPS) is 15.4. The van der Waals surface area contributed by atoms with E-state index in [-0.39, 0.29) is 35.5 Å². The van der Waals surface area contributed by atoms with Crippen molar-refractivity contribution in [1.82, 2.24) is 4.57 Å². The van der Waals surface area contributed by atoms with Gasteiger partial charge in [-0.25, -0.2) is 13.2 Å². The summed E-state index contributed by atoms with van der Waals surface area (Å²) < 4.78 is 57.4. The van der Waals surface area contributed by atoms with Gasteiger partial charge in [0, 0.05) is 23.3 Å². The molecule has 0 bridgehead atoms. The van der Waals surface area contributed by atoms with Crippen LogP contribution in [0, 0.1) is 24.4 Å². The van der Waals surface area contributed by atoms with Crippen LogP contribution >= 0.6 is 21.2 Å². The quantitative estimate of drug-likeness (QED) is 0.297. The molecule has 2 heterocycles. The molecule has 37 heavy (non-hydrogen) atoms. The predicted molar refractivity (Wildman–Crippen MR) is 149 cm³/mol. The number of rotatable bonds is 8. The molecule has 2 aromatic carbocycles. The van der Waals surface area contributed by atoms with E-state index in [2.05, 4.69) is 11.7 Å². The Bertz CT molecular complexity index is 1520. The molecule has 1 atom stereocenters. The third kappa shape index (κ3) is 5.26. The van der Waals surface area contributed by atoms with Gasteiger partial charge in [-0.2, -0.15) is 0 Å². The van der Waals surface area contributed by atoms with Gasteiger partial charge in [-0.3, -0.25) is 9.36 Å². The predicted octanol–water partition coefficient (Wildman–Crippen LogP) is 6.62. The largest absolute Gasteiger partial charge is 0.494 e. The monoisotopic (exact) mass is 547 g/mol. The molecular weight excluding hydrogens is 519 g/mol. The lowest BCUT2D eigenvalue weighted by molar-refractivity contribution is 0.296. The number of ether oxygens (including phenoxy) is 1. The molecule has 3 aromatic rings. The number of hydrogen-bond donors (Lipinski definition) is 0. The van der Waals surface area contributed by atoms with Crippen LogP contribution in [-0.2, 0) is 10.6 Å². The number of thioether (sulfide) groups is 1. The Kier molecular flexibility index (Phi) is 7.96. The highest BCUT2D eigenvalue weighted by atomic mass is 32.2. The summed E-state index contributed by atoms with van der Waals surface area (Å²) in [6, 6.07) is 7.86. The van der Waals surface area contributed by atoms with Gasteiger partial charge in [-0.05, 0) is 48.6 Å². The van der Waals surface area contributed by atoms with Gasteiger partial charge < -0.3 is 8.92 Å². The molecule has 0 N–H and O–H groups in total. The van der Waals surface area contributed by atoms with Crippen LogP contribution in [0.1, 0.15) is 29.7 Å². The Morgan fingerprint density at radius 3 is 2.46 bits per heavy atom. The zero-order valence-electron chi connectivity index (χ0n) is 20.9. The summed E-state index contributed by atoms with van der Waals surface area (Å²) in [7, 11) is -0.626. The Balaban J connectivity index is 1.94. The zero-order chi connectivity index (χ0) is 26.9. The number of aromatic nitrogens is 1. The summed E-state index contributed by atoms with van der Waals surface area (Å²) in [4.78, 5) is 13.9. The molecule has 0 saturated carbocycles. The average molecular weight is 548 g/mol. The number of allylic oxidation sites excluding steroid dienone is 1. The van der Waals surface area contributed by atoms with Crippen molar-refractivity contribution < 1.29 is 22.1 Å². The second-order valence-electron chi connectivity index (χ2n) is 8.75. The molecule has 1 aromatic heterocycles. The van der Waals surface area contributed by atoms with Gasteiger partial charge in [0.15, 0.2) is 11.6 Å². The molecule has 4 rings (SSSR count). The molecule has 196 valence electrons. The van der Waals surface area contributed by atoms with E-state index in [9.17, 15) is 13.6 Å². The topological polar surface area (TPSA) is 40.5 Å². The van der Waals surface area contributed by atoms with Crippen LogP contribution in [0.3, 0.4) is 0 Å². The zero-order valence-corrected chi connectivity index (χ0v) is 22.5. The number of methoxy groups -OCH3 is 1. The third-order valence-corrected chi connectivity index (χ3v) is 8.90. The molecule has 0 radical (unpaired) electrons. The van der Waals surface area contributed by atoms with Gasteiger partial charge in [0.1, 0.15) is 11.6 Å². The van der Waals surface area contributed by atoms with Crippen molar-refractivity contribution >= 4 is 33.0 Å². The highest BCUT2D eigenvalue weighted by Crippen LogP contribution is 2.41. The van der Waals surface area contributed by atoms with Crippen molar-refractivity contribution in [3.05, 3.63) is 92.4 Å². The summed E-state index contributed by atoms with van der Waals surface area (Å²) in [5.74, 6) is 6.49. The number of hydrogen-bond acceptors (Lipinski definition) is 4. The maximum Gasteiger partial charge on any atom is 0.260 e. The second kappa shape index (κ2) is 10.8. The van der Waals surface area contributed by atoms with Crippen LogP contribution in [0.5, 0.6) is 5.75 Å². The van der Waals surface area contributed by atoms with Crippen molar-refractivity contribution in [2.24, 2.45) is 0 Å². The van der Waals surface area contributed by atoms with E-state index >= 15 is 4.39 Å². The molecule has 0 saturated heterocycles. The number of pyridine rings is 1. The summed E-state index contributed by atoms with van der Waals surface area (Å²) in [5.41, 5.74) is 0.683. The third-order valence-electron chi connectivity index (χ3n) is 6.26. The minimum Gasteiger partial charge on any atom is -0.494 e. The van der Waals surface area contributed by atoms with Crippen molar-refractivity contribution in [3.8, 4) is 16.9 Å². The molecule has 0 fully saturated rings. The van der Waals surface area contributed by atoms with Gasteiger partial charge in [0.25, 0.3) is 5.56 Å². The van der Waals surface area contributed by atoms with Crippen LogP contribution in [0.25, 0.3) is 11.1 Å². The number of benzene rings is 2. The standard InChI is InChI=1S/C28H28F3NO3S2/c1-6-13-37(4,5)35-15-18-16-36-28-20(14-21-22(29)10-8-11-23(21)30)17(2)25(27(33)32(18)28)19-9-7-12-24(34-3)26(19)31/h6-13,18H,4-5,14-16H2,1-3H3/b13-6+. The van der Waals surface area contributed by atoms with Crippen molar-refractivity contribution in [2.45, 2.75) is 31.3 Å². The van der Waals surface area contributed by atoms with E-state index in [1.807, 2.05) is 13.0 Å². The van der Waals surface area contributed by atoms with Crippen LogP contribution in [0.15, 0.2) is 57.7 Å². The van der Waals surface area contributed by atoms with Crippen LogP contribution in [-0.4, -0.2) is 35.8 Å². The van der Waals surface area contributed by atoms with E-state index in [1.54, 1.807) is 23.0 Å². The summed E-state index contributed by atoms with van der Waals surface area (Å²) in [6.07, 6.45) is 1.71. The minimum atomic E-state index is -1.97. The Labute approximate surface area is 219 Å². The Hall–Kier alpha value is -2.88. The Morgan fingerprint density at radius 1 is 1.14 bits per heavy atom. The average Bonchev–Trinajstić information content (AvgIpc) is 3.27. The van der Waals surface area contributed by atoms with Crippen LogP contribution < -0.4 is 10.3 Å². The van der Waals surface area contributed by atoms with E-state index in [4.69, 9.17) is 8.92 Å². The summed E-state index contributed by atoms with van der Waals surface area (Å²) >= 11 is 1.41. The van der Waals surface area contributed by atoms with E-state index in [0.717, 1.165) is 0 Å². The first-order valence-corrected chi connectivity index (χ1v) is 14.5. The molecule has 1 aliphatic rings. The number of nitrogens with zero attached hydrogens (tertiary/aromatic N) is 1. The molecule has 4 nitrogen and oxygen atoms in total. The number of fused-ring (bicyclic) bond motifs is 1. The fourth-order valence-corrected chi connectivity index (χ4v) is 6.83. The maximum absolute atomic E-state index is 15.4. The number of halogens is 3. The van der Waals surface area contributed by atoms with Gasteiger partial charge in [0.05, 0.1) is 30.3 Å².